The summed E-state index contributed by atoms with van der Waals surface area (Å²) in [5, 5.41) is 4.64. The Hall–Kier alpha value is -2.84. The van der Waals surface area contributed by atoms with Crippen LogP contribution in [0.4, 0.5) is 11.4 Å². The molecule has 3 aromatic rings. The summed E-state index contributed by atoms with van der Waals surface area (Å²) in [6.45, 7) is 1.39. The predicted octanol–water partition coefficient (Wildman–Crippen LogP) is 3.83. The molecular formula is C22H25N3O3S2. The number of sulfonamides is 1. The molecule has 0 radical (unpaired) electrons. The molecule has 0 aliphatic heterocycles. The van der Waals surface area contributed by atoms with Gasteiger partial charge in [0.15, 0.2) is 0 Å². The van der Waals surface area contributed by atoms with E-state index < -0.39 is 10.0 Å². The van der Waals surface area contributed by atoms with E-state index in [4.69, 9.17) is 0 Å². The molecule has 1 aromatic heterocycles. The number of anilines is 2. The lowest BCUT2D eigenvalue weighted by Crippen LogP contribution is -2.28. The van der Waals surface area contributed by atoms with E-state index in [1.807, 2.05) is 25.2 Å². The minimum absolute atomic E-state index is 0.173. The number of carbonyl (C=O) groups excluding carboxylic acids is 1. The standard InChI is InChI=1S/C22H25N3O3S2/c1-24(19-8-4-3-5-9-19)16-7-15-23-22(26)18-11-13-20(14-12-18)25(2)30(27,28)21-10-6-17-29-21/h3-6,8-14,17H,7,15-16H2,1-2H3,(H,23,26). The van der Waals surface area contributed by atoms with Gasteiger partial charge in [0.2, 0.25) is 0 Å². The quantitative estimate of drug-likeness (QED) is 0.510. The maximum Gasteiger partial charge on any atom is 0.273 e. The van der Waals surface area contributed by atoms with Gasteiger partial charge in [-0.3, -0.25) is 9.10 Å². The minimum atomic E-state index is -3.58. The lowest BCUT2D eigenvalue weighted by Gasteiger charge is -2.19. The molecule has 0 unspecified atom stereocenters. The van der Waals surface area contributed by atoms with Gasteiger partial charge in [-0.25, -0.2) is 8.42 Å². The Balaban J connectivity index is 1.51. The molecular weight excluding hydrogens is 418 g/mol. The molecule has 8 heteroatoms. The molecule has 158 valence electrons. The van der Waals surface area contributed by atoms with Crippen LogP contribution in [-0.4, -0.2) is 41.5 Å². The Morgan fingerprint density at radius 3 is 2.27 bits per heavy atom. The van der Waals surface area contributed by atoms with Gasteiger partial charge in [-0.1, -0.05) is 24.3 Å². The Labute approximate surface area is 181 Å². The van der Waals surface area contributed by atoms with Crippen molar-refractivity contribution >= 4 is 38.6 Å². The van der Waals surface area contributed by atoms with Crippen molar-refractivity contribution in [2.45, 2.75) is 10.6 Å². The third-order valence-corrected chi connectivity index (χ3v) is 7.91. The first-order valence-corrected chi connectivity index (χ1v) is 11.9. The molecule has 0 saturated heterocycles. The summed E-state index contributed by atoms with van der Waals surface area (Å²) in [5.74, 6) is -0.173. The van der Waals surface area contributed by atoms with E-state index in [1.165, 1.54) is 22.7 Å². The second-order valence-corrected chi connectivity index (χ2v) is 9.96. The highest BCUT2D eigenvalue weighted by Crippen LogP contribution is 2.25. The topological polar surface area (TPSA) is 69.7 Å². The van der Waals surface area contributed by atoms with Crippen LogP contribution in [0.15, 0.2) is 76.3 Å². The summed E-state index contributed by atoms with van der Waals surface area (Å²) in [7, 11) is -0.0521. The van der Waals surface area contributed by atoms with Crippen LogP contribution < -0.4 is 14.5 Å². The van der Waals surface area contributed by atoms with Crippen LogP contribution >= 0.6 is 11.3 Å². The number of para-hydroxylation sites is 1. The average molecular weight is 444 g/mol. The van der Waals surface area contributed by atoms with Crippen molar-refractivity contribution in [3.63, 3.8) is 0 Å². The SMILES string of the molecule is CN(CCCNC(=O)c1ccc(N(C)S(=O)(=O)c2cccs2)cc1)c1ccccc1. The molecule has 2 aromatic carbocycles. The van der Waals surface area contributed by atoms with Gasteiger partial charge in [-0.05, 0) is 54.3 Å². The minimum Gasteiger partial charge on any atom is -0.375 e. The molecule has 0 spiro atoms. The van der Waals surface area contributed by atoms with Crippen molar-refractivity contribution in [1.82, 2.24) is 5.32 Å². The first-order valence-electron chi connectivity index (χ1n) is 9.56. The number of amides is 1. The zero-order valence-corrected chi connectivity index (χ0v) is 18.6. The second-order valence-electron chi connectivity index (χ2n) is 6.82. The van der Waals surface area contributed by atoms with E-state index in [0.717, 1.165) is 18.7 Å². The highest BCUT2D eigenvalue weighted by atomic mass is 32.2. The third-order valence-electron chi connectivity index (χ3n) is 4.76. The van der Waals surface area contributed by atoms with Crippen LogP contribution in [0.1, 0.15) is 16.8 Å². The van der Waals surface area contributed by atoms with E-state index in [0.29, 0.717) is 17.8 Å². The van der Waals surface area contributed by atoms with Gasteiger partial charge in [0, 0.05) is 38.4 Å². The molecule has 1 heterocycles. The molecule has 3 rings (SSSR count). The molecule has 0 aliphatic carbocycles. The van der Waals surface area contributed by atoms with Crippen LogP contribution in [-0.2, 0) is 10.0 Å². The Kier molecular flexibility index (Phi) is 7.12. The maximum atomic E-state index is 12.6. The van der Waals surface area contributed by atoms with Gasteiger partial charge in [-0.15, -0.1) is 11.3 Å². The molecule has 0 bridgehead atoms. The van der Waals surface area contributed by atoms with Crippen LogP contribution in [0.2, 0.25) is 0 Å². The van der Waals surface area contributed by atoms with Crippen molar-refractivity contribution in [3.05, 3.63) is 77.7 Å². The Morgan fingerprint density at radius 2 is 1.63 bits per heavy atom. The summed E-state index contributed by atoms with van der Waals surface area (Å²) in [4.78, 5) is 14.5. The number of hydrogen-bond donors (Lipinski definition) is 1. The zero-order chi connectivity index (χ0) is 21.6. The maximum absolute atomic E-state index is 12.6. The highest BCUT2D eigenvalue weighted by Gasteiger charge is 2.22. The van der Waals surface area contributed by atoms with Gasteiger partial charge in [0.1, 0.15) is 4.21 Å². The van der Waals surface area contributed by atoms with Crippen LogP contribution in [0.25, 0.3) is 0 Å². The number of benzene rings is 2. The average Bonchev–Trinajstić information content (AvgIpc) is 3.32. The van der Waals surface area contributed by atoms with Gasteiger partial charge < -0.3 is 10.2 Å². The van der Waals surface area contributed by atoms with Crippen molar-refractivity contribution < 1.29 is 13.2 Å². The second kappa shape index (κ2) is 9.77. The van der Waals surface area contributed by atoms with E-state index in [2.05, 4.69) is 22.3 Å². The Morgan fingerprint density at radius 1 is 0.933 bits per heavy atom. The first kappa shape index (κ1) is 21.9. The number of rotatable bonds is 9. The first-order chi connectivity index (χ1) is 14.4. The van der Waals surface area contributed by atoms with Crippen LogP contribution in [0.3, 0.4) is 0 Å². The van der Waals surface area contributed by atoms with E-state index in [9.17, 15) is 13.2 Å². The van der Waals surface area contributed by atoms with E-state index in [-0.39, 0.29) is 10.1 Å². The number of thiophene rings is 1. The van der Waals surface area contributed by atoms with Crippen molar-refractivity contribution in [1.29, 1.82) is 0 Å². The number of carbonyl (C=O) groups is 1. The molecule has 0 fully saturated rings. The van der Waals surface area contributed by atoms with Gasteiger partial charge in [-0.2, -0.15) is 0 Å². The van der Waals surface area contributed by atoms with Crippen LogP contribution in [0, 0.1) is 0 Å². The largest absolute Gasteiger partial charge is 0.375 e. The molecule has 30 heavy (non-hydrogen) atoms. The summed E-state index contributed by atoms with van der Waals surface area (Å²) < 4.78 is 26.7. The summed E-state index contributed by atoms with van der Waals surface area (Å²) >= 11 is 1.18. The van der Waals surface area contributed by atoms with Crippen LogP contribution in [0.5, 0.6) is 0 Å². The summed E-state index contributed by atoms with van der Waals surface area (Å²) in [5.41, 5.74) is 2.14. The molecule has 1 amide bonds. The van der Waals surface area contributed by atoms with Gasteiger partial charge in [0.25, 0.3) is 15.9 Å². The zero-order valence-electron chi connectivity index (χ0n) is 17.0. The molecule has 0 saturated carbocycles. The van der Waals surface area contributed by atoms with Gasteiger partial charge in [0.05, 0.1) is 5.69 Å². The van der Waals surface area contributed by atoms with E-state index >= 15 is 0 Å². The highest BCUT2D eigenvalue weighted by molar-refractivity contribution is 7.94. The molecule has 1 N–H and O–H groups in total. The number of nitrogens with zero attached hydrogens (tertiary/aromatic N) is 2. The fraction of sp³-hybridized carbons (Fsp3) is 0.227. The molecule has 6 nitrogen and oxygen atoms in total. The summed E-state index contributed by atoms with van der Waals surface area (Å²) in [6.07, 6.45) is 0.816. The van der Waals surface area contributed by atoms with Crippen molar-refractivity contribution in [2.75, 3.05) is 36.4 Å². The predicted molar refractivity (Wildman–Crippen MR) is 123 cm³/mol. The van der Waals surface area contributed by atoms with Crippen molar-refractivity contribution in [3.8, 4) is 0 Å². The van der Waals surface area contributed by atoms with E-state index in [1.54, 1.807) is 41.8 Å². The molecule has 0 atom stereocenters. The smallest absolute Gasteiger partial charge is 0.273 e. The molecule has 0 aliphatic rings. The van der Waals surface area contributed by atoms with Crippen molar-refractivity contribution in [2.24, 2.45) is 0 Å². The fourth-order valence-corrected chi connectivity index (χ4v) is 5.30. The normalized spacial score (nSPS) is 11.1. The number of nitrogens with one attached hydrogen (secondary N) is 1. The monoisotopic (exact) mass is 443 g/mol. The Bertz CT molecular complexity index is 1050. The fourth-order valence-electron chi connectivity index (χ4n) is 2.94. The number of hydrogen-bond acceptors (Lipinski definition) is 5. The lowest BCUT2D eigenvalue weighted by molar-refractivity contribution is 0.0953. The third kappa shape index (κ3) is 5.20. The lowest BCUT2D eigenvalue weighted by atomic mass is 10.2. The van der Waals surface area contributed by atoms with Gasteiger partial charge >= 0.3 is 0 Å². The summed E-state index contributed by atoms with van der Waals surface area (Å²) in [6, 6.07) is 19.9.